The fraction of sp³-hybridized carbons (Fsp3) is 0.182. The number of nitrogens with one attached hydrogen (secondary N) is 1. The zero-order chi connectivity index (χ0) is 11.5. The summed E-state index contributed by atoms with van der Waals surface area (Å²) in [5.41, 5.74) is 1.07. The molecule has 0 fully saturated rings. The van der Waals surface area contributed by atoms with E-state index in [1.54, 1.807) is 6.20 Å². The Kier molecular flexibility index (Phi) is 3.66. The van der Waals surface area contributed by atoms with Gasteiger partial charge in [-0.15, -0.1) is 0 Å². The molecule has 84 valence electrons. The lowest BCUT2D eigenvalue weighted by Crippen LogP contribution is -2.05. The van der Waals surface area contributed by atoms with Crippen LogP contribution in [0.3, 0.4) is 0 Å². The van der Waals surface area contributed by atoms with Crippen LogP contribution < -0.4 is 5.32 Å². The van der Waals surface area contributed by atoms with Crippen molar-refractivity contribution in [1.29, 1.82) is 0 Å². The topological polar surface area (TPSA) is 29.9 Å². The fourth-order valence-electron chi connectivity index (χ4n) is 1.46. The Morgan fingerprint density at radius 3 is 2.88 bits per heavy atom. The van der Waals surface area contributed by atoms with Gasteiger partial charge in [0.15, 0.2) is 0 Å². The molecule has 2 rings (SSSR count). The van der Waals surface area contributed by atoms with Gasteiger partial charge in [0.1, 0.15) is 0 Å². The van der Waals surface area contributed by atoms with Crippen molar-refractivity contribution in [2.45, 2.75) is 6.92 Å². The first-order valence-corrected chi connectivity index (χ1v) is 6.53. The van der Waals surface area contributed by atoms with Crippen LogP contribution in [-0.4, -0.2) is 16.1 Å². The van der Waals surface area contributed by atoms with E-state index in [0.29, 0.717) is 0 Å². The van der Waals surface area contributed by atoms with E-state index in [9.17, 15) is 0 Å². The van der Waals surface area contributed by atoms with Gasteiger partial charge in [0.2, 0.25) is 5.95 Å². The van der Waals surface area contributed by atoms with Gasteiger partial charge in [0.25, 0.3) is 0 Å². The molecule has 5 heteroatoms. The number of anilines is 1. The zero-order valence-corrected chi connectivity index (χ0v) is 11.9. The van der Waals surface area contributed by atoms with Crippen LogP contribution in [-0.2, 0) is 0 Å². The van der Waals surface area contributed by atoms with Crippen LogP contribution in [0.2, 0.25) is 0 Å². The van der Waals surface area contributed by atoms with E-state index < -0.39 is 0 Å². The number of imidazole rings is 1. The maximum atomic E-state index is 4.27. The van der Waals surface area contributed by atoms with E-state index in [1.165, 1.54) is 0 Å². The molecular formula is C11H11Br2N3. The SMILES string of the molecule is CCNc1nccn1-c1ccc(Br)cc1Br. The summed E-state index contributed by atoms with van der Waals surface area (Å²) in [6, 6.07) is 6.07. The number of rotatable bonds is 3. The first-order valence-electron chi connectivity index (χ1n) is 4.95. The highest BCUT2D eigenvalue weighted by molar-refractivity contribution is 9.11. The summed E-state index contributed by atoms with van der Waals surface area (Å²) in [4.78, 5) is 4.27. The second-order valence-electron chi connectivity index (χ2n) is 3.25. The van der Waals surface area contributed by atoms with E-state index >= 15 is 0 Å². The Labute approximate surface area is 111 Å². The van der Waals surface area contributed by atoms with Gasteiger partial charge in [-0.3, -0.25) is 4.57 Å². The van der Waals surface area contributed by atoms with Crippen molar-refractivity contribution < 1.29 is 0 Å². The Morgan fingerprint density at radius 2 is 2.19 bits per heavy atom. The minimum Gasteiger partial charge on any atom is -0.356 e. The summed E-state index contributed by atoms with van der Waals surface area (Å²) in [6.07, 6.45) is 3.72. The lowest BCUT2D eigenvalue weighted by atomic mass is 10.3. The minimum absolute atomic E-state index is 0.852. The number of hydrogen-bond donors (Lipinski definition) is 1. The summed E-state index contributed by atoms with van der Waals surface area (Å²) in [6.45, 7) is 2.90. The number of benzene rings is 1. The van der Waals surface area contributed by atoms with Gasteiger partial charge >= 0.3 is 0 Å². The Balaban J connectivity index is 2.46. The summed E-state index contributed by atoms with van der Waals surface area (Å²) < 4.78 is 4.09. The van der Waals surface area contributed by atoms with E-state index in [2.05, 4.69) is 49.1 Å². The van der Waals surface area contributed by atoms with Crippen LogP contribution >= 0.6 is 31.9 Å². The van der Waals surface area contributed by atoms with Crippen molar-refractivity contribution in [3.63, 3.8) is 0 Å². The standard InChI is InChI=1S/C11H11Br2N3/c1-2-14-11-15-5-6-16(11)10-4-3-8(12)7-9(10)13/h3-7H,2H2,1H3,(H,14,15). The molecule has 0 bridgehead atoms. The molecule has 1 N–H and O–H groups in total. The van der Waals surface area contributed by atoms with Gasteiger partial charge in [0, 0.05) is 27.9 Å². The summed E-state index contributed by atoms with van der Waals surface area (Å²) in [5, 5.41) is 3.22. The molecule has 1 heterocycles. The third-order valence-corrected chi connectivity index (χ3v) is 3.27. The number of aromatic nitrogens is 2. The van der Waals surface area contributed by atoms with E-state index in [4.69, 9.17) is 0 Å². The lowest BCUT2D eigenvalue weighted by molar-refractivity contribution is 1.02. The molecule has 0 radical (unpaired) electrons. The number of hydrogen-bond acceptors (Lipinski definition) is 2. The molecule has 0 aliphatic heterocycles. The van der Waals surface area contributed by atoms with Crippen LogP contribution in [0.15, 0.2) is 39.5 Å². The van der Waals surface area contributed by atoms with Gasteiger partial charge in [-0.2, -0.15) is 0 Å². The highest BCUT2D eigenvalue weighted by Crippen LogP contribution is 2.26. The molecule has 0 spiro atoms. The third kappa shape index (κ3) is 2.30. The maximum Gasteiger partial charge on any atom is 0.207 e. The molecule has 2 aromatic rings. The van der Waals surface area contributed by atoms with Gasteiger partial charge < -0.3 is 5.32 Å². The van der Waals surface area contributed by atoms with Crippen LogP contribution in [0, 0.1) is 0 Å². The first kappa shape index (κ1) is 11.7. The molecule has 0 aliphatic carbocycles. The van der Waals surface area contributed by atoms with Crippen molar-refractivity contribution in [1.82, 2.24) is 9.55 Å². The number of nitrogens with zero attached hydrogens (tertiary/aromatic N) is 2. The van der Waals surface area contributed by atoms with Crippen LogP contribution in [0.4, 0.5) is 5.95 Å². The molecule has 3 nitrogen and oxygen atoms in total. The van der Waals surface area contributed by atoms with Crippen molar-refractivity contribution in [3.8, 4) is 5.69 Å². The second kappa shape index (κ2) is 5.01. The second-order valence-corrected chi connectivity index (χ2v) is 5.02. The summed E-state index contributed by atoms with van der Waals surface area (Å²) >= 11 is 6.99. The molecule has 0 saturated heterocycles. The van der Waals surface area contributed by atoms with E-state index in [0.717, 1.165) is 27.1 Å². The predicted octanol–water partition coefficient (Wildman–Crippen LogP) is 3.83. The fourth-order valence-corrected chi connectivity index (χ4v) is 2.70. The summed E-state index contributed by atoms with van der Waals surface area (Å²) in [5.74, 6) is 0.852. The van der Waals surface area contributed by atoms with Gasteiger partial charge in [-0.05, 0) is 41.1 Å². The average Bonchev–Trinajstić information content (AvgIpc) is 2.67. The Morgan fingerprint density at radius 1 is 1.38 bits per heavy atom. The average molecular weight is 345 g/mol. The van der Waals surface area contributed by atoms with E-state index in [-0.39, 0.29) is 0 Å². The maximum absolute atomic E-state index is 4.27. The highest BCUT2D eigenvalue weighted by Gasteiger charge is 2.07. The zero-order valence-electron chi connectivity index (χ0n) is 8.74. The van der Waals surface area contributed by atoms with Crippen LogP contribution in [0.5, 0.6) is 0 Å². The molecule has 0 atom stereocenters. The molecule has 0 amide bonds. The molecule has 1 aromatic heterocycles. The van der Waals surface area contributed by atoms with Crippen molar-refractivity contribution in [2.75, 3.05) is 11.9 Å². The normalized spacial score (nSPS) is 10.4. The Hall–Kier alpha value is -0.810. The highest BCUT2D eigenvalue weighted by atomic mass is 79.9. The van der Waals surface area contributed by atoms with Crippen molar-refractivity contribution in [3.05, 3.63) is 39.5 Å². The monoisotopic (exact) mass is 343 g/mol. The van der Waals surface area contributed by atoms with Gasteiger partial charge in [0.05, 0.1) is 5.69 Å². The van der Waals surface area contributed by atoms with Crippen LogP contribution in [0.25, 0.3) is 5.69 Å². The number of halogens is 2. The summed E-state index contributed by atoms with van der Waals surface area (Å²) in [7, 11) is 0. The molecule has 16 heavy (non-hydrogen) atoms. The van der Waals surface area contributed by atoms with Crippen LogP contribution in [0.1, 0.15) is 6.92 Å². The smallest absolute Gasteiger partial charge is 0.207 e. The third-order valence-electron chi connectivity index (χ3n) is 2.14. The van der Waals surface area contributed by atoms with Gasteiger partial charge in [-0.25, -0.2) is 4.98 Å². The van der Waals surface area contributed by atoms with Crippen molar-refractivity contribution in [2.24, 2.45) is 0 Å². The molecule has 0 saturated carbocycles. The molecule has 0 unspecified atom stereocenters. The van der Waals surface area contributed by atoms with E-state index in [1.807, 2.05) is 29.0 Å². The molecular weight excluding hydrogens is 334 g/mol. The quantitative estimate of drug-likeness (QED) is 0.917. The lowest BCUT2D eigenvalue weighted by Gasteiger charge is -2.10. The minimum atomic E-state index is 0.852. The predicted molar refractivity (Wildman–Crippen MR) is 73.1 cm³/mol. The molecule has 0 aliphatic rings. The Bertz CT molecular complexity index is 494. The first-order chi connectivity index (χ1) is 7.72. The van der Waals surface area contributed by atoms with Gasteiger partial charge in [-0.1, -0.05) is 15.9 Å². The van der Waals surface area contributed by atoms with Crippen molar-refractivity contribution >= 4 is 37.8 Å². The molecule has 1 aromatic carbocycles. The largest absolute Gasteiger partial charge is 0.356 e.